The third-order valence-electron chi connectivity index (χ3n) is 2.92. The minimum Gasteiger partial charge on any atom is -0.378 e. The average Bonchev–Trinajstić information content (AvgIpc) is 2.30. The molecule has 0 saturated heterocycles. The lowest BCUT2D eigenvalue weighted by Crippen LogP contribution is -2.23. The molecule has 2 rings (SSSR count). The Morgan fingerprint density at radius 3 is 2.47 bits per heavy atom. The Morgan fingerprint density at radius 2 is 1.89 bits per heavy atom. The normalized spacial score (nSPS) is 12.2. The molecular weight excluding hydrogens is 262 g/mol. The van der Waals surface area contributed by atoms with E-state index in [2.05, 4.69) is 15.3 Å². The van der Waals surface area contributed by atoms with Gasteiger partial charge in [-0.2, -0.15) is 0 Å². The van der Waals surface area contributed by atoms with Gasteiger partial charge in [0.2, 0.25) is 0 Å². The molecule has 1 heterocycles. The maximum atomic E-state index is 12.0. The van der Waals surface area contributed by atoms with Crippen molar-refractivity contribution in [2.45, 2.75) is 26.8 Å². The second-order valence-electron chi connectivity index (χ2n) is 4.52. The van der Waals surface area contributed by atoms with Gasteiger partial charge in [0, 0.05) is 10.7 Å². The van der Waals surface area contributed by atoms with Crippen molar-refractivity contribution >= 4 is 17.3 Å². The molecule has 0 aliphatic rings. The van der Waals surface area contributed by atoms with Crippen molar-refractivity contribution in [3.63, 3.8) is 0 Å². The quantitative estimate of drug-likeness (QED) is 0.906. The number of hydrogen-bond donors (Lipinski definition) is 2. The zero-order chi connectivity index (χ0) is 14.0. The van der Waals surface area contributed by atoms with E-state index >= 15 is 0 Å². The van der Waals surface area contributed by atoms with Gasteiger partial charge in [-0.05, 0) is 45.0 Å². The van der Waals surface area contributed by atoms with Crippen LogP contribution in [0.15, 0.2) is 29.1 Å². The Labute approximate surface area is 116 Å². The predicted octanol–water partition coefficient (Wildman–Crippen LogP) is 3.21. The van der Waals surface area contributed by atoms with Crippen LogP contribution in [0.3, 0.4) is 0 Å². The van der Waals surface area contributed by atoms with Crippen LogP contribution in [0.1, 0.15) is 30.0 Å². The van der Waals surface area contributed by atoms with Gasteiger partial charge >= 0.3 is 0 Å². The highest BCUT2D eigenvalue weighted by Gasteiger charge is 2.14. The zero-order valence-corrected chi connectivity index (χ0v) is 11.9. The van der Waals surface area contributed by atoms with Crippen molar-refractivity contribution in [3.05, 3.63) is 56.7 Å². The van der Waals surface area contributed by atoms with Gasteiger partial charge < -0.3 is 10.3 Å². The molecule has 0 amide bonds. The van der Waals surface area contributed by atoms with E-state index in [0.29, 0.717) is 16.4 Å². The van der Waals surface area contributed by atoms with Crippen molar-refractivity contribution in [3.8, 4) is 0 Å². The molecule has 0 bridgehead atoms. The molecule has 1 unspecified atom stereocenters. The van der Waals surface area contributed by atoms with Crippen LogP contribution in [-0.4, -0.2) is 9.97 Å². The van der Waals surface area contributed by atoms with E-state index in [1.54, 1.807) is 19.1 Å². The fraction of sp³-hybridized carbons (Fsp3) is 0.286. The van der Waals surface area contributed by atoms with E-state index in [0.717, 1.165) is 11.4 Å². The molecule has 2 aromatic rings. The van der Waals surface area contributed by atoms with Crippen molar-refractivity contribution in [1.29, 1.82) is 0 Å². The molecule has 1 atom stereocenters. The molecule has 2 N–H and O–H groups in total. The van der Waals surface area contributed by atoms with Gasteiger partial charge in [0.25, 0.3) is 5.56 Å². The lowest BCUT2D eigenvalue weighted by molar-refractivity contribution is 0.814. The highest BCUT2D eigenvalue weighted by atomic mass is 35.5. The lowest BCUT2D eigenvalue weighted by Gasteiger charge is -2.16. The molecule has 0 fully saturated rings. The summed E-state index contributed by atoms with van der Waals surface area (Å²) in [6, 6.07) is 7.24. The molecule has 4 nitrogen and oxygen atoms in total. The number of nitrogens with zero attached hydrogens (tertiary/aromatic N) is 1. The Balaban J connectivity index is 2.27. The maximum Gasteiger partial charge on any atom is 0.256 e. The Bertz CT molecular complexity index is 634. The number of aryl methyl sites for hydroxylation is 2. The number of H-pyrrole nitrogens is 1. The molecule has 0 spiro atoms. The fourth-order valence-corrected chi connectivity index (χ4v) is 2.24. The Morgan fingerprint density at radius 1 is 1.26 bits per heavy atom. The minimum absolute atomic E-state index is 0.0982. The summed E-state index contributed by atoms with van der Waals surface area (Å²) in [7, 11) is 0. The van der Waals surface area contributed by atoms with Crippen LogP contribution in [0.2, 0.25) is 5.02 Å². The monoisotopic (exact) mass is 277 g/mol. The molecule has 0 radical (unpaired) electrons. The van der Waals surface area contributed by atoms with E-state index in [-0.39, 0.29) is 11.6 Å². The van der Waals surface area contributed by atoms with E-state index < -0.39 is 0 Å². The number of hydrogen-bond acceptors (Lipinski definition) is 3. The largest absolute Gasteiger partial charge is 0.378 e. The van der Waals surface area contributed by atoms with Crippen molar-refractivity contribution in [2.75, 3.05) is 5.32 Å². The fourth-order valence-electron chi connectivity index (χ4n) is 2.11. The number of rotatable bonds is 3. The Kier molecular flexibility index (Phi) is 3.90. The third kappa shape index (κ3) is 3.15. The first-order valence-electron chi connectivity index (χ1n) is 6.07. The van der Waals surface area contributed by atoms with Crippen LogP contribution < -0.4 is 10.9 Å². The predicted molar refractivity (Wildman–Crippen MR) is 77.8 cm³/mol. The first kappa shape index (κ1) is 13.6. The second-order valence-corrected chi connectivity index (χ2v) is 4.96. The van der Waals surface area contributed by atoms with E-state index in [4.69, 9.17) is 11.6 Å². The first-order valence-corrected chi connectivity index (χ1v) is 6.44. The molecule has 1 aromatic heterocycles. The van der Waals surface area contributed by atoms with Gasteiger partial charge in [0.05, 0.1) is 17.3 Å². The molecule has 5 heteroatoms. The van der Waals surface area contributed by atoms with Crippen LogP contribution in [0, 0.1) is 13.8 Å². The van der Waals surface area contributed by atoms with Gasteiger partial charge in [-0.1, -0.05) is 11.6 Å². The van der Waals surface area contributed by atoms with Gasteiger partial charge in [-0.15, -0.1) is 0 Å². The highest BCUT2D eigenvalue weighted by molar-refractivity contribution is 6.30. The number of halogens is 1. The molecule has 100 valence electrons. The van der Waals surface area contributed by atoms with Crippen molar-refractivity contribution in [1.82, 2.24) is 9.97 Å². The second kappa shape index (κ2) is 5.45. The molecular formula is C14H16ClN3O. The van der Waals surface area contributed by atoms with Crippen LogP contribution >= 0.6 is 11.6 Å². The molecule has 1 aromatic carbocycles. The van der Waals surface area contributed by atoms with Crippen molar-refractivity contribution in [2.24, 2.45) is 0 Å². The number of benzene rings is 1. The van der Waals surface area contributed by atoms with Crippen molar-refractivity contribution < 1.29 is 0 Å². The summed E-state index contributed by atoms with van der Waals surface area (Å²) < 4.78 is 0. The highest BCUT2D eigenvalue weighted by Crippen LogP contribution is 2.20. The van der Waals surface area contributed by atoms with Crippen LogP contribution in [0.4, 0.5) is 5.69 Å². The summed E-state index contributed by atoms with van der Waals surface area (Å²) in [4.78, 5) is 19.0. The molecule has 0 aliphatic carbocycles. The summed E-state index contributed by atoms with van der Waals surface area (Å²) in [6.45, 7) is 5.55. The average molecular weight is 278 g/mol. The van der Waals surface area contributed by atoms with Gasteiger partial charge in [-0.3, -0.25) is 4.79 Å². The van der Waals surface area contributed by atoms with Crippen LogP contribution in [0.5, 0.6) is 0 Å². The van der Waals surface area contributed by atoms with E-state index in [9.17, 15) is 4.79 Å². The maximum absolute atomic E-state index is 12.0. The lowest BCUT2D eigenvalue weighted by atomic mass is 10.1. The number of nitrogens with one attached hydrogen (secondary N) is 2. The topological polar surface area (TPSA) is 57.8 Å². The van der Waals surface area contributed by atoms with Gasteiger partial charge in [0.15, 0.2) is 0 Å². The number of anilines is 1. The van der Waals surface area contributed by atoms with Crippen LogP contribution in [0.25, 0.3) is 0 Å². The SMILES string of the molecule is Cc1nc(C)c(C(C)Nc2ccc(Cl)cc2)c(=O)[nH]1. The molecule has 19 heavy (non-hydrogen) atoms. The van der Waals surface area contributed by atoms with E-state index in [1.807, 2.05) is 26.0 Å². The van der Waals surface area contributed by atoms with E-state index in [1.165, 1.54) is 0 Å². The molecule has 0 saturated carbocycles. The summed E-state index contributed by atoms with van der Waals surface area (Å²) in [5, 5.41) is 3.95. The third-order valence-corrected chi connectivity index (χ3v) is 3.18. The van der Waals surface area contributed by atoms with Crippen LogP contribution in [-0.2, 0) is 0 Å². The van der Waals surface area contributed by atoms with Gasteiger partial charge in [0.1, 0.15) is 5.82 Å². The minimum atomic E-state index is -0.127. The summed E-state index contributed by atoms with van der Waals surface area (Å²) in [6.07, 6.45) is 0. The standard InChI is InChI=1S/C14H16ClN3O/c1-8-13(14(19)18-10(3)16-8)9(2)17-12-6-4-11(15)5-7-12/h4-7,9,17H,1-3H3,(H,16,18,19). The van der Waals surface area contributed by atoms with Gasteiger partial charge in [-0.25, -0.2) is 4.98 Å². The number of aromatic nitrogens is 2. The summed E-state index contributed by atoms with van der Waals surface area (Å²) in [5.41, 5.74) is 2.21. The summed E-state index contributed by atoms with van der Waals surface area (Å²) in [5.74, 6) is 0.630. The summed E-state index contributed by atoms with van der Waals surface area (Å²) >= 11 is 5.84. The Hall–Kier alpha value is -1.81. The smallest absolute Gasteiger partial charge is 0.256 e. The first-order chi connectivity index (χ1) is 8.97. The molecule has 0 aliphatic heterocycles. The number of aromatic amines is 1. The zero-order valence-electron chi connectivity index (χ0n) is 11.1.